The number of hydrogen-bond donors (Lipinski definition) is 1. The van der Waals surface area contributed by atoms with Gasteiger partial charge in [0.05, 0.1) is 18.8 Å². The molecule has 1 saturated heterocycles. The number of nitrogens with one attached hydrogen (secondary N) is 1. The molecule has 1 atom stereocenters. The third kappa shape index (κ3) is 3.97. The van der Waals surface area contributed by atoms with Gasteiger partial charge in [-0.15, -0.1) is 0 Å². The maximum Gasteiger partial charge on any atom is 0.255 e. The Morgan fingerprint density at radius 2 is 2.00 bits per heavy atom. The number of ether oxygens (including phenoxy) is 1. The Bertz CT molecular complexity index is 1070. The van der Waals surface area contributed by atoms with Crippen LogP contribution in [0.4, 0.5) is 10.3 Å². The summed E-state index contributed by atoms with van der Waals surface area (Å²) in [4.78, 5) is 23.4. The SMILES string of the molecule is COc1cc(F)cc(C2CN(c3nc(-c4ccncc4)cc(=O)n3C)CCN2)c1. The summed E-state index contributed by atoms with van der Waals surface area (Å²) >= 11 is 0. The molecule has 0 aliphatic carbocycles. The Morgan fingerprint density at radius 3 is 2.76 bits per heavy atom. The lowest BCUT2D eigenvalue weighted by molar-refractivity contribution is 0.406. The summed E-state index contributed by atoms with van der Waals surface area (Å²) < 4.78 is 20.7. The monoisotopic (exact) mass is 395 g/mol. The second kappa shape index (κ2) is 8.00. The Kier molecular flexibility index (Phi) is 5.26. The zero-order valence-corrected chi connectivity index (χ0v) is 16.3. The van der Waals surface area contributed by atoms with E-state index in [4.69, 9.17) is 9.72 Å². The van der Waals surface area contributed by atoms with Crippen LogP contribution in [0.5, 0.6) is 5.75 Å². The highest BCUT2D eigenvalue weighted by Gasteiger charge is 2.25. The van der Waals surface area contributed by atoms with Gasteiger partial charge in [-0.3, -0.25) is 14.3 Å². The predicted molar refractivity (Wildman–Crippen MR) is 109 cm³/mol. The van der Waals surface area contributed by atoms with Crippen LogP contribution < -0.4 is 20.5 Å². The lowest BCUT2D eigenvalue weighted by atomic mass is 10.0. The van der Waals surface area contributed by atoms with Crippen molar-refractivity contribution in [1.29, 1.82) is 0 Å². The Hall–Kier alpha value is -3.26. The second-order valence-electron chi connectivity index (χ2n) is 6.95. The smallest absolute Gasteiger partial charge is 0.255 e. The number of anilines is 1. The predicted octanol–water partition coefficient (Wildman–Crippen LogP) is 2.14. The molecule has 0 radical (unpaired) electrons. The highest BCUT2D eigenvalue weighted by molar-refractivity contribution is 5.59. The third-order valence-corrected chi connectivity index (χ3v) is 5.08. The molecule has 4 rings (SSSR count). The molecule has 7 nitrogen and oxygen atoms in total. The first-order valence-electron chi connectivity index (χ1n) is 9.36. The van der Waals surface area contributed by atoms with Gasteiger partial charge < -0.3 is 15.0 Å². The van der Waals surface area contributed by atoms with Gasteiger partial charge in [-0.25, -0.2) is 9.37 Å². The summed E-state index contributed by atoms with van der Waals surface area (Å²) in [6, 6.07) is 9.74. The van der Waals surface area contributed by atoms with Gasteiger partial charge in [0.15, 0.2) is 0 Å². The Labute approximate surface area is 167 Å². The Balaban J connectivity index is 1.67. The van der Waals surface area contributed by atoms with Crippen LogP contribution in [0.25, 0.3) is 11.3 Å². The molecule has 1 aliphatic heterocycles. The van der Waals surface area contributed by atoms with E-state index in [1.165, 1.54) is 25.3 Å². The van der Waals surface area contributed by atoms with Crippen LogP contribution in [0.2, 0.25) is 0 Å². The van der Waals surface area contributed by atoms with Crippen LogP contribution in [0.3, 0.4) is 0 Å². The van der Waals surface area contributed by atoms with Gasteiger partial charge in [0, 0.05) is 56.8 Å². The first-order valence-corrected chi connectivity index (χ1v) is 9.36. The minimum Gasteiger partial charge on any atom is -0.497 e. The third-order valence-electron chi connectivity index (χ3n) is 5.08. The topological polar surface area (TPSA) is 72.3 Å². The van der Waals surface area contributed by atoms with Crippen LogP contribution in [0.15, 0.2) is 53.6 Å². The fourth-order valence-electron chi connectivity index (χ4n) is 3.54. The number of benzene rings is 1. The van der Waals surface area contributed by atoms with Crippen molar-refractivity contribution in [2.45, 2.75) is 6.04 Å². The van der Waals surface area contributed by atoms with Gasteiger partial charge >= 0.3 is 0 Å². The molecule has 150 valence electrons. The van der Waals surface area contributed by atoms with E-state index < -0.39 is 0 Å². The molecule has 1 fully saturated rings. The summed E-state index contributed by atoms with van der Waals surface area (Å²) in [5.74, 6) is 0.715. The van der Waals surface area contributed by atoms with Gasteiger partial charge in [0.2, 0.25) is 5.95 Å². The standard InChI is InChI=1S/C21H22FN5O2/c1-26-20(28)12-18(14-3-5-23-6-4-14)25-21(26)27-8-7-24-19(13-27)15-9-16(22)11-17(10-15)29-2/h3-6,9-12,19,24H,7-8,13H2,1-2H3. The van der Waals surface area contributed by atoms with Gasteiger partial charge in [-0.2, -0.15) is 0 Å². The molecule has 3 heterocycles. The quantitative estimate of drug-likeness (QED) is 0.730. The lowest BCUT2D eigenvalue weighted by Gasteiger charge is -2.35. The minimum atomic E-state index is -0.344. The number of rotatable bonds is 4. The van der Waals surface area contributed by atoms with Crippen LogP contribution in [-0.2, 0) is 7.05 Å². The molecular formula is C21H22FN5O2. The molecule has 0 spiro atoms. The van der Waals surface area contributed by atoms with Crippen molar-refractivity contribution >= 4 is 5.95 Å². The number of nitrogens with zero attached hydrogens (tertiary/aromatic N) is 4. The Morgan fingerprint density at radius 1 is 1.21 bits per heavy atom. The van der Waals surface area contributed by atoms with Crippen LogP contribution >= 0.6 is 0 Å². The largest absolute Gasteiger partial charge is 0.497 e. The number of piperazine rings is 1. The van der Waals surface area contributed by atoms with Crippen molar-refractivity contribution in [3.63, 3.8) is 0 Å². The highest BCUT2D eigenvalue weighted by Crippen LogP contribution is 2.26. The van der Waals surface area contributed by atoms with Crippen LogP contribution in [0, 0.1) is 5.82 Å². The summed E-state index contributed by atoms with van der Waals surface area (Å²) in [6.45, 7) is 1.91. The number of pyridine rings is 1. The first kappa shape index (κ1) is 19.1. The van der Waals surface area contributed by atoms with Crippen molar-refractivity contribution in [1.82, 2.24) is 19.9 Å². The lowest BCUT2D eigenvalue weighted by Crippen LogP contribution is -2.47. The maximum absolute atomic E-state index is 14.0. The molecule has 3 aromatic rings. The summed E-state index contributed by atoms with van der Waals surface area (Å²) in [5.41, 5.74) is 2.10. The fraction of sp³-hybridized carbons (Fsp3) is 0.286. The molecule has 0 amide bonds. The molecule has 1 aromatic carbocycles. The molecule has 1 unspecified atom stereocenters. The molecule has 8 heteroatoms. The molecule has 0 saturated carbocycles. The van der Waals surface area contributed by atoms with E-state index in [1.807, 2.05) is 23.1 Å². The zero-order chi connectivity index (χ0) is 20.4. The summed E-state index contributed by atoms with van der Waals surface area (Å²) in [5, 5.41) is 3.41. The van der Waals surface area contributed by atoms with Crippen molar-refractivity contribution in [2.24, 2.45) is 7.05 Å². The van der Waals surface area contributed by atoms with Gasteiger partial charge in [0.1, 0.15) is 11.6 Å². The summed E-state index contributed by atoms with van der Waals surface area (Å²) in [6.07, 6.45) is 3.35. The van der Waals surface area contributed by atoms with E-state index in [1.54, 1.807) is 24.0 Å². The van der Waals surface area contributed by atoms with E-state index in [0.29, 0.717) is 37.0 Å². The zero-order valence-electron chi connectivity index (χ0n) is 16.3. The van der Waals surface area contributed by atoms with Crippen LogP contribution in [0.1, 0.15) is 11.6 Å². The number of methoxy groups -OCH3 is 1. The number of hydrogen-bond acceptors (Lipinski definition) is 6. The first-order chi connectivity index (χ1) is 14.0. The van der Waals surface area contributed by atoms with E-state index >= 15 is 0 Å². The van der Waals surface area contributed by atoms with Crippen molar-refractivity contribution in [2.75, 3.05) is 31.6 Å². The number of halogens is 1. The minimum absolute atomic E-state index is 0.116. The van der Waals surface area contributed by atoms with Gasteiger partial charge in [0.25, 0.3) is 5.56 Å². The van der Waals surface area contributed by atoms with E-state index in [9.17, 15) is 9.18 Å². The van der Waals surface area contributed by atoms with Crippen molar-refractivity contribution in [3.8, 4) is 17.0 Å². The van der Waals surface area contributed by atoms with Crippen LogP contribution in [-0.4, -0.2) is 41.3 Å². The average Bonchev–Trinajstić information content (AvgIpc) is 2.75. The van der Waals surface area contributed by atoms with E-state index in [2.05, 4.69) is 10.3 Å². The average molecular weight is 395 g/mol. The van der Waals surface area contributed by atoms with Gasteiger partial charge in [-0.05, 0) is 29.8 Å². The van der Waals surface area contributed by atoms with Gasteiger partial charge in [-0.1, -0.05) is 0 Å². The van der Waals surface area contributed by atoms with E-state index in [0.717, 1.165) is 11.1 Å². The molecular weight excluding hydrogens is 373 g/mol. The maximum atomic E-state index is 14.0. The normalized spacial score (nSPS) is 16.7. The summed E-state index contributed by atoms with van der Waals surface area (Å²) in [7, 11) is 3.23. The second-order valence-corrected chi connectivity index (χ2v) is 6.95. The van der Waals surface area contributed by atoms with Crippen molar-refractivity contribution in [3.05, 3.63) is 70.5 Å². The highest BCUT2D eigenvalue weighted by atomic mass is 19.1. The molecule has 1 aliphatic rings. The van der Waals surface area contributed by atoms with Crippen molar-refractivity contribution < 1.29 is 9.13 Å². The van der Waals surface area contributed by atoms with E-state index in [-0.39, 0.29) is 17.4 Å². The fourth-order valence-corrected chi connectivity index (χ4v) is 3.54. The number of aromatic nitrogens is 3. The molecule has 29 heavy (non-hydrogen) atoms. The molecule has 0 bridgehead atoms. The molecule has 2 aromatic heterocycles. The molecule has 1 N–H and O–H groups in total.